The molecule has 7 heterocycles. The molecule has 2 aromatic rings. The minimum Gasteiger partial charge on any atom is -0.354 e. The Labute approximate surface area is 779 Å². The summed E-state index contributed by atoms with van der Waals surface area (Å²) in [6, 6.07) is 1.38. The molecule has 16 nitrogen and oxygen atoms in total. The molecule has 0 amide bonds. The fourth-order valence-electron chi connectivity index (χ4n) is 23.2. The van der Waals surface area contributed by atoms with Gasteiger partial charge >= 0.3 is 0 Å². The highest BCUT2D eigenvalue weighted by molar-refractivity contribution is 5.47. The van der Waals surface area contributed by atoms with E-state index in [1.54, 1.807) is 0 Å². The van der Waals surface area contributed by atoms with Crippen molar-refractivity contribution in [2.45, 2.75) is 615 Å². The average molecular weight is 1750 g/mol. The van der Waals surface area contributed by atoms with E-state index in [-0.39, 0.29) is 70.2 Å². The molecule has 5 aliphatic heterocycles. The molecule has 1 atom stereocenters. The summed E-state index contributed by atoms with van der Waals surface area (Å²) in [4.78, 5) is 49.0. The smallest absolute Gasteiger partial charge is 0.232 e. The molecule has 0 aromatic carbocycles. The lowest BCUT2D eigenvalue weighted by atomic mass is 9.68. The second-order valence-electron chi connectivity index (χ2n) is 47.1. The molecule has 7 rings (SSSR count). The van der Waals surface area contributed by atoms with Crippen LogP contribution in [0.5, 0.6) is 0 Å². The van der Waals surface area contributed by atoms with Crippen LogP contribution in [0.4, 0.5) is 29.7 Å². The minimum absolute atomic E-state index is 0. The van der Waals surface area contributed by atoms with Gasteiger partial charge in [0.05, 0.1) is 0 Å². The van der Waals surface area contributed by atoms with Gasteiger partial charge < -0.3 is 36.0 Å². The third-order valence-electron chi connectivity index (χ3n) is 30.2. The number of nitrogens with zero attached hydrogens (tertiary/aromatic N) is 12. The van der Waals surface area contributed by atoms with Crippen molar-refractivity contribution in [2.75, 3.05) is 72.7 Å². The second kappa shape index (κ2) is 56.1. The van der Waals surface area contributed by atoms with E-state index in [1.165, 1.54) is 257 Å². The van der Waals surface area contributed by atoms with Gasteiger partial charge in [0, 0.05) is 112 Å². The molecule has 0 radical (unpaired) electrons. The predicted octanol–water partition coefficient (Wildman–Crippen LogP) is 30.3. The van der Waals surface area contributed by atoms with E-state index >= 15 is 0 Å². The Morgan fingerprint density at radius 1 is 0.296 bits per heavy atom. The first-order valence-electron chi connectivity index (χ1n) is 53.0. The van der Waals surface area contributed by atoms with Gasteiger partial charge in [-0.25, -0.2) is 0 Å². The number of unbranched alkanes of at least 4 members (excludes halogenated alkanes) is 34. The topological polar surface area (TPSA) is 145 Å². The second-order valence-corrected chi connectivity index (χ2v) is 47.1. The Kier molecular flexibility index (Phi) is 52.1. The van der Waals surface area contributed by atoms with E-state index in [4.69, 9.17) is 29.9 Å². The van der Waals surface area contributed by atoms with Gasteiger partial charge in [-0.3, -0.25) is 14.7 Å². The van der Waals surface area contributed by atoms with Crippen LogP contribution in [0.1, 0.15) is 541 Å². The quantitative estimate of drug-likeness (QED) is 0.0466. The lowest BCUT2D eigenvalue weighted by Crippen LogP contribution is -2.63. The standard InChI is InChI=1S/C58H112N8.C37H72N8.C12H26.2CH4/c1-19-22-25-28-31-34-37-49(46-40-53(4,5)62(16)54(6,7)41-46)50-59-51(65(38-35-32-29-26-23-20-2)47-42-55(8,9)63(17)56(10,11)43-47)61-52(60-50)66(39-36-33-30-27-24-21-3)48-44-57(12,13)64(18)58(14,15)45-48;1-11-13-15-16-17-18-19-20-21-22-24-45(30-27-36(7,8)44-37(9,10)28-30)33-41-31(38-23-14-12-2)40-32(42-33)39-29-25-34(3,4)43-35(5,6)26-29;1-3-5-7-9-11-12-10-8-6-4-2;;/h46-49H,19-45H2,1-18H3;29-30,43-44H,11-28H2,1-10H3,(H2,38,39,40,41,42);3-12H2,1-2H3;2*1H4. The van der Waals surface area contributed by atoms with Crippen molar-refractivity contribution < 1.29 is 0 Å². The van der Waals surface area contributed by atoms with Crippen molar-refractivity contribution in [1.29, 1.82) is 0 Å². The Morgan fingerprint density at radius 2 is 0.552 bits per heavy atom. The van der Waals surface area contributed by atoms with Crippen LogP contribution in [0.15, 0.2) is 0 Å². The summed E-state index contributed by atoms with van der Waals surface area (Å²) in [6.07, 6.45) is 65.5. The van der Waals surface area contributed by atoms with Crippen LogP contribution in [0.25, 0.3) is 0 Å². The molecule has 0 spiro atoms. The van der Waals surface area contributed by atoms with Crippen LogP contribution in [0.2, 0.25) is 0 Å². The Hall–Kier alpha value is -3.18. The van der Waals surface area contributed by atoms with Crippen molar-refractivity contribution in [1.82, 2.24) is 55.2 Å². The fourth-order valence-corrected chi connectivity index (χ4v) is 23.2. The van der Waals surface area contributed by atoms with Gasteiger partial charge in [0.15, 0.2) is 0 Å². The zero-order chi connectivity index (χ0) is 91.4. The normalized spacial score (nSPS) is 20.7. The number of anilines is 5. The van der Waals surface area contributed by atoms with E-state index in [1.807, 2.05) is 0 Å². The van der Waals surface area contributed by atoms with Gasteiger partial charge in [0.1, 0.15) is 5.82 Å². The van der Waals surface area contributed by atoms with Crippen LogP contribution in [0.3, 0.4) is 0 Å². The van der Waals surface area contributed by atoms with Crippen molar-refractivity contribution in [3.05, 3.63) is 5.82 Å². The fraction of sp³-hybridized carbons (Fsp3) is 0.945. The summed E-state index contributed by atoms with van der Waals surface area (Å²) in [5.41, 5.74) is 0.614. The van der Waals surface area contributed by atoms with Crippen LogP contribution in [0, 0.1) is 5.92 Å². The maximum atomic E-state index is 5.94. The molecule has 5 saturated heterocycles. The average Bonchev–Trinajstić information content (AvgIpc) is 0.754. The first-order chi connectivity index (χ1) is 57.9. The summed E-state index contributed by atoms with van der Waals surface area (Å²) in [6.45, 7) is 68.3. The van der Waals surface area contributed by atoms with Gasteiger partial charge in [0.25, 0.3) is 0 Å². The van der Waals surface area contributed by atoms with E-state index < -0.39 is 0 Å². The van der Waals surface area contributed by atoms with Crippen molar-refractivity contribution in [3.63, 3.8) is 0 Å². The molecule has 2 aromatic heterocycles. The molecule has 0 saturated carbocycles. The number of aromatic nitrogens is 6. The highest BCUT2D eigenvalue weighted by Gasteiger charge is 2.51. The van der Waals surface area contributed by atoms with Crippen LogP contribution < -0.4 is 36.0 Å². The first-order valence-corrected chi connectivity index (χ1v) is 53.0. The summed E-state index contributed by atoms with van der Waals surface area (Å²) in [7, 11) is 7.08. The molecule has 125 heavy (non-hydrogen) atoms. The molecule has 734 valence electrons. The van der Waals surface area contributed by atoms with Gasteiger partial charge in [0.2, 0.25) is 29.7 Å². The number of piperidine rings is 5. The lowest BCUT2D eigenvalue weighted by molar-refractivity contribution is -0.0376. The Bertz CT molecular complexity index is 2840. The largest absolute Gasteiger partial charge is 0.354 e. The van der Waals surface area contributed by atoms with Crippen LogP contribution in [-0.4, -0.2) is 171 Å². The highest BCUT2D eigenvalue weighted by atomic mass is 15.4. The predicted molar refractivity (Wildman–Crippen MR) is 554 cm³/mol. The Balaban J connectivity index is 0.000000589. The number of nitrogens with one attached hydrogen (secondary N) is 4. The summed E-state index contributed by atoms with van der Waals surface area (Å²) in [5, 5.41) is 15.0. The van der Waals surface area contributed by atoms with E-state index in [0.29, 0.717) is 47.9 Å². The van der Waals surface area contributed by atoms with Crippen molar-refractivity contribution >= 4 is 29.7 Å². The molecular weight excluding hydrogens is 1530 g/mol. The number of likely N-dealkylation sites (tertiary alicyclic amines) is 3. The van der Waals surface area contributed by atoms with Crippen molar-refractivity contribution in [2.24, 2.45) is 5.92 Å². The molecule has 4 N–H and O–H groups in total. The Morgan fingerprint density at radius 3 is 0.864 bits per heavy atom. The number of hydrogen-bond acceptors (Lipinski definition) is 16. The van der Waals surface area contributed by atoms with E-state index in [0.717, 1.165) is 120 Å². The first kappa shape index (κ1) is 116. The van der Waals surface area contributed by atoms with Gasteiger partial charge in [-0.1, -0.05) is 294 Å². The van der Waals surface area contributed by atoms with Crippen LogP contribution in [-0.2, 0) is 0 Å². The summed E-state index contributed by atoms with van der Waals surface area (Å²) < 4.78 is 0. The van der Waals surface area contributed by atoms with Crippen LogP contribution >= 0.6 is 0 Å². The molecule has 1 unspecified atom stereocenters. The summed E-state index contributed by atoms with van der Waals surface area (Å²) >= 11 is 0. The summed E-state index contributed by atoms with van der Waals surface area (Å²) in [5.74, 6) is 6.09. The maximum absolute atomic E-state index is 5.94. The molecule has 5 aliphatic rings. The van der Waals surface area contributed by atoms with Crippen molar-refractivity contribution in [3.8, 4) is 0 Å². The third-order valence-corrected chi connectivity index (χ3v) is 30.2. The minimum atomic E-state index is 0. The highest BCUT2D eigenvalue weighted by Crippen LogP contribution is 2.49. The number of rotatable bonds is 55. The molecule has 0 bridgehead atoms. The number of hydrogen-bond donors (Lipinski definition) is 4. The third kappa shape index (κ3) is 40.7. The molecule has 5 fully saturated rings. The zero-order valence-corrected chi connectivity index (χ0v) is 87.7. The monoisotopic (exact) mass is 1750 g/mol. The maximum Gasteiger partial charge on any atom is 0.232 e. The molecular formula is C109H218N16. The SMILES string of the molecule is C.C.CCCCCCCCC(c1nc(N(CCCCCCCC)C2CC(C)(C)N(C)C(C)(C)C2)nc(N(CCCCCCCC)C2CC(C)(C)N(C)C(C)(C)C2)n1)C1CC(C)(C)N(C)C(C)(C)C1.CCCCCCCCCCCC.CCCCCCCCCCCCN(c1nc(NCCCC)nc(NC2CC(C)(C)NC(C)(C)C2)n1)C1CC(C)(C)NC(C)(C)C1. The molecule has 16 heteroatoms. The zero-order valence-electron chi connectivity index (χ0n) is 87.7. The van der Waals surface area contributed by atoms with Gasteiger partial charge in [-0.05, 0) is 262 Å². The van der Waals surface area contributed by atoms with E-state index in [2.05, 4.69) is 259 Å². The van der Waals surface area contributed by atoms with Gasteiger partial charge in [-0.15, -0.1) is 0 Å². The molecule has 0 aliphatic carbocycles. The van der Waals surface area contributed by atoms with E-state index in [9.17, 15) is 0 Å². The van der Waals surface area contributed by atoms with Gasteiger partial charge in [-0.2, -0.15) is 29.9 Å². The lowest BCUT2D eigenvalue weighted by Gasteiger charge is -2.56.